The lowest BCUT2D eigenvalue weighted by atomic mass is 9.91. The van der Waals surface area contributed by atoms with Gasteiger partial charge in [0, 0.05) is 6.20 Å². The summed E-state index contributed by atoms with van der Waals surface area (Å²) in [6.45, 7) is 0. The van der Waals surface area contributed by atoms with Gasteiger partial charge in [-0.15, -0.1) is 0 Å². The van der Waals surface area contributed by atoms with E-state index in [1.54, 1.807) is 0 Å². The Kier molecular flexibility index (Phi) is 3.24. The first-order valence-corrected chi connectivity index (χ1v) is 7.50. The maximum Gasteiger partial charge on any atom is 0.149 e. The first kappa shape index (κ1) is 12.9. The Morgan fingerprint density at radius 3 is 1.86 bits per heavy atom. The van der Waals surface area contributed by atoms with Crippen LogP contribution in [0.1, 0.15) is 23.2 Å². The number of rotatable bonds is 2. The summed E-state index contributed by atoms with van der Waals surface area (Å²) in [5, 5.41) is 7.23. The van der Waals surface area contributed by atoms with Crippen LogP contribution in [0.15, 0.2) is 79.0 Å². The van der Waals surface area contributed by atoms with E-state index >= 15 is 0 Å². The lowest BCUT2D eigenvalue weighted by molar-refractivity contribution is 0.632. The summed E-state index contributed by atoms with van der Waals surface area (Å²) in [5.41, 5.74) is 3.56. The number of fused-ring (bicyclic) bond motifs is 1. The number of pyridine rings is 1. The summed E-state index contributed by atoms with van der Waals surface area (Å²) in [6, 6.07) is 25.4. The fourth-order valence-corrected chi connectivity index (χ4v) is 2.99. The van der Waals surface area contributed by atoms with Crippen molar-refractivity contribution in [2.45, 2.75) is 12.1 Å². The molecular weight excluding hydrogens is 270 g/mol. The molecule has 0 aliphatic carbocycles. The molecule has 0 fully saturated rings. The van der Waals surface area contributed by atoms with Gasteiger partial charge in [0.2, 0.25) is 0 Å². The molecule has 2 heterocycles. The molecule has 22 heavy (non-hydrogen) atoms. The van der Waals surface area contributed by atoms with E-state index < -0.39 is 0 Å². The highest BCUT2D eigenvalue weighted by Gasteiger charge is 2.30. The van der Waals surface area contributed by atoms with Gasteiger partial charge >= 0.3 is 0 Å². The van der Waals surface area contributed by atoms with Crippen LogP contribution in [0, 0.1) is 0 Å². The SMILES string of the molecule is c1ccc([C@H]2Nc3ncccc3N[C@H]2c2ccccc2)cc1. The van der Waals surface area contributed by atoms with Gasteiger partial charge in [0.25, 0.3) is 0 Å². The Morgan fingerprint density at radius 1 is 0.636 bits per heavy atom. The van der Waals surface area contributed by atoms with Crippen molar-refractivity contribution in [3.05, 3.63) is 90.1 Å². The summed E-state index contributed by atoms with van der Waals surface area (Å²) in [5.74, 6) is 0.906. The standard InChI is InChI=1S/C19H17N3/c1-3-8-14(9-4-1)17-18(15-10-5-2-6-11-15)22-19-16(21-17)12-7-13-20-19/h1-13,17-18,21H,(H,20,22)/t17-,18+/m0/s1. The highest BCUT2D eigenvalue weighted by Crippen LogP contribution is 2.40. The van der Waals surface area contributed by atoms with Crippen molar-refractivity contribution < 1.29 is 0 Å². The van der Waals surface area contributed by atoms with Gasteiger partial charge in [0.15, 0.2) is 0 Å². The summed E-state index contributed by atoms with van der Waals surface area (Å²) >= 11 is 0. The van der Waals surface area contributed by atoms with Crippen LogP contribution < -0.4 is 10.6 Å². The van der Waals surface area contributed by atoms with E-state index in [2.05, 4.69) is 70.2 Å². The Morgan fingerprint density at radius 2 is 1.23 bits per heavy atom. The first-order chi connectivity index (χ1) is 10.9. The molecule has 3 aromatic rings. The second-order valence-corrected chi connectivity index (χ2v) is 5.46. The molecule has 3 heteroatoms. The van der Waals surface area contributed by atoms with Gasteiger partial charge in [-0.3, -0.25) is 0 Å². The first-order valence-electron chi connectivity index (χ1n) is 7.50. The molecule has 2 aromatic carbocycles. The zero-order valence-electron chi connectivity index (χ0n) is 12.1. The van der Waals surface area contributed by atoms with Gasteiger partial charge in [0.05, 0.1) is 17.8 Å². The summed E-state index contributed by atoms with van der Waals surface area (Å²) in [7, 11) is 0. The highest BCUT2D eigenvalue weighted by atomic mass is 15.1. The normalized spacial score (nSPS) is 19.6. The number of nitrogens with one attached hydrogen (secondary N) is 2. The monoisotopic (exact) mass is 287 g/mol. The molecule has 3 nitrogen and oxygen atoms in total. The predicted molar refractivity (Wildman–Crippen MR) is 89.8 cm³/mol. The minimum absolute atomic E-state index is 0.144. The number of aromatic nitrogens is 1. The molecule has 2 N–H and O–H groups in total. The lowest BCUT2D eigenvalue weighted by Crippen LogP contribution is -2.30. The molecule has 1 aromatic heterocycles. The van der Waals surface area contributed by atoms with Crippen LogP contribution in [0.25, 0.3) is 0 Å². The molecule has 0 unspecified atom stereocenters. The van der Waals surface area contributed by atoms with E-state index in [4.69, 9.17) is 0 Å². The van der Waals surface area contributed by atoms with Gasteiger partial charge in [0.1, 0.15) is 5.82 Å². The van der Waals surface area contributed by atoms with Crippen LogP contribution >= 0.6 is 0 Å². The Balaban J connectivity index is 1.79. The number of nitrogens with zero attached hydrogens (tertiary/aromatic N) is 1. The highest BCUT2D eigenvalue weighted by molar-refractivity contribution is 5.69. The van der Waals surface area contributed by atoms with Crippen LogP contribution in [0.4, 0.5) is 11.5 Å². The van der Waals surface area contributed by atoms with E-state index in [0.717, 1.165) is 11.5 Å². The fourth-order valence-electron chi connectivity index (χ4n) is 2.99. The number of anilines is 2. The van der Waals surface area contributed by atoms with Crippen molar-refractivity contribution in [1.29, 1.82) is 0 Å². The largest absolute Gasteiger partial charge is 0.373 e. The van der Waals surface area contributed by atoms with E-state index in [0.29, 0.717) is 0 Å². The average Bonchev–Trinajstić information content (AvgIpc) is 2.62. The van der Waals surface area contributed by atoms with Gasteiger partial charge in [-0.25, -0.2) is 4.98 Å². The minimum atomic E-state index is 0.144. The van der Waals surface area contributed by atoms with Crippen molar-refractivity contribution in [3.8, 4) is 0 Å². The fraction of sp³-hybridized carbons (Fsp3) is 0.105. The van der Waals surface area contributed by atoms with Crippen LogP contribution in [-0.4, -0.2) is 4.98 Å². The molecule has 0 saturated carbocycles. The third kappa shape index (κ3) is 2.31. The maximum atomic E-state index is 4.45. The average molecular weight is 287 g/mol. The van der Waals surface area contributed by atoms with Gasteiger partial charge < -0.3 is 10.6 Å². The molecule has 0 spiro atoms. The number of benzene rings is 2. The molecule has 0 amide bonds. The maximum absolute atomic E-state index is 4.45. The Labute approximate surface area is 130 Å². The van der Waals surface area contributed by atoms with Crippen LogP contribution in [0.3, 0.4) is 0 Å². The number of hydrogen-bond donors (Lipinski definition) is 2. The molecular formula is C19H17N3. The summed E-state index contributed by atoms with van der Waals surface area (Å²) < 4.78 is 0. The zero-order chi connectivity index (χ0) is 14.8. The lowest BCUT2D eigenvalue weighted by Gasteiger charge is -2.36. The van der Waals surface area contributed by atoms with Crippen molar-refractivity contribution in [1.82, 2.24) is 4.98 Å². The van der Waals surface area contributed by atoms with Crippen LogP contribution in [0.2, 0.25) is 0 Å². The summed E-state index contributed by atoms with van der Waals surface area (Å²) in [4.78, 5) is 4.45. The van der Waals surface area contributed by atoms with Gasteiger partial charge in [-0.05, 0) is 23.3 Å². The van der Waals surface area contributed by atoms with Crippen LogP contribution in [-0.2, 0) is 0 Å². The van der Waals surface area contributed by atoms with Crippen molar-refractivity contribution in [2.75, 3.05) is 10.6 Å². The molecule has 0 radical (unpaired) electrons. The molecule has 1 aliphatic rings. The molecule has 1 aliphatic heterocycles. The smallest absolute Gasteiger partial charge is 0.149 e. The molecule has 0 bridgehead atoms. The molecule has 0 saturated heterocycles. The van der Waals surface area contributed by atoms with Crippen molar-refractivity contribution in [2.24, 2.45) is 0 Å². The predicted octanol–water partition coefficient (Wildman–Crippen LogP) is 4.40. The third-order valence-corrected chi connectivity index (χ3v) is 4.06. The van der Waals surface area contributed by atoms with E-state index in [9.17, 15) is 0 Å². The van der Waals surface area contributed by atoms with Gasteiger partial charge in [-0.1, -0.05) is 60.7 Å². The Bertz CT molecular complexity index is 689. The Hall–Kier alpha value is -2.81. The summed E-state index contributed by atoms with van der Waals surface area (Å²) in [6.07, 6.45) is 1.82. The van der Waals surface area contributed by atoms with E-state index in [1.807, 2.05) is 24.4 Å². The molecule has 2 atom stereocenters. The second kappa shape index (κ2) is 5.53. The van der Waals surface area contributed by atoms with Crippen LogP contribution in [0.5, 0.6) is 0 Å². The van der Waals surface area contributed by atoms with E-state index in [1.165, 1.54) is 11.1 Å². The van der Waals surface area contributed by atoms with Crippen molar-refractivity contribution in [3.63, 3.8) is 0 Å². The third-order valence-electron chi connectivity index (χ3n) is 4.06. The number of hydrogen-bond acceptors (Lipinski definition) is 3. The van der Waals surface area contributed by atoms with Crippen molar-refractivity contribution >= 4 is 11.5 Å². The minimum Gasteiger partial charge on any atom is -0.373 e. The zero-order valence-corrected chi connectivity index (χ0v) is 12.1. The topological polar surface area (TPSA) is 37.0 Å². The van der Waals surface area contributed by atoms with E-state index in [-0.39, 0.29) is 12.1 Å². The molecule has 108 valence electrons. The quantitative estimate of drug-likeness (QED) is 0.733. The molecule has 4 rings (SSSR count). The second-order valence-electron chi connectivity index (χ2n) is 5.46. The van der Waals surface area contributed by atoms with Gasteiger partial charge in [-0.2, -0.15) is 0 Å².